The predicted molar refractivity (Wildman–Crippen MR) is 54.4 cm³/mol. The van der Waals surface area contributed by atoms with Gasteiger partial charge in [-0.3, -0.25) is 0 Å². The first-order chi connectivity index (χ1) is 6.25. The molecule has 0 aliphatic heterocycles. The molecule has 0 spiro atoms. The van der Waals surface area contributed by atoms with Crippen LogP contribution in [-0.4, -0.2) is 5.16 Å². The van der Waals surface area contributed by atoms with Gasteiger partial charge in [-0.15, -0.1) is 0 Å². The zero-order chi connectivity index (χ0) is 9.26. The summed E-state index contributed by atoms with van der Waals surface area (Å²) in [7, 11) is 0. The molecule has 0 N–H and O–H groups in total. The lowest BCUT2D eigenvalue weighted by Gasteiger charge is -1.95. The maximum absolute atomic E-state index is 5.11. The standard InChI is InChI=1S/C10H8BrNO/c1-7-3-2-4-8(5-7)9-6-10(11)12-13-9/h2-6H,1H3. The molecule has 0 amide bonds. The van der Waals surface area contributed by atoms with E-state index in [1.165, 1.54) is 5.56 Å². The minimum atomic E-state index is 0.726. The number of hydrogen-bond donors (Lipinski definition) is 0. The largest absolute Gasteiger partial charge is 0.355 e. The smallest absolute Gasteiger partial charge is 0.168 e. The molecule has 1 aromatic heterocycles. The van der Waals surface area contributed by atoms with Crippen molar-refractivity contribution in [3.8, 4) is 11.3 Å². The monoisotopic (exact) mass is 237 g/mol. The number of hydrogen-bond acceptors (Lipinski definition) is 2. The molecular formula is C10H8BrNO. The Morgan fingerprint density at radius 2 is 2.15 bits per heavy atom. The summed E-state index contributed by atoms with van der Waals surface area (Å²) in [4.78, 5) is 0. The molecule has 2 nitrogen and oxygen atoms in total. The van der Waals surface area contributed by atoms with Crippen LogP contribution in [-0.2, 0) is 0 Å². The van der Waals surface area contributed by atoms with Gasteiger partial charge in [-0.2, -0.15) is 0 Å². The van der Waals surface area contributed by atoms with E-state index in [-0.39, 0.29) is 0 Å². The summed E-state index contributed by atoms with van der Waals surface area (Å²) in [6.45, 7) is 2.05. The molecule has 0 saturated heterocycles. The molecule has 0 fully saturated rings. The fraction of sp³-hybridized carbons (Fsp3) is 0.100. The third-order valence-electron chi connectivity index (χ3n) is 1.78. The van der Waals surface area contributed by atoms with E-state index in [0.29, 0.717) is 0 Å². The first-order valence-corrected chi connectivity index (χ1v) is 4.74. The van der Waals surface area contributed by atoms with E-state index in [0.717, 1.165) is 15.9 Å². The van der Waals surface area contributed by atoms with Crippen molar-refractivity contribution in [3.63, 3.8) is 0 Å². The Labute approximate surface area is 84.7 Å². The lowest BCUT2D eigenvalue weighted by molar-refractivity contribution is 0.428. The molecule has 0 radical (unpaired) electrons. The molecule has 2 aromatic rings. The van der Waals surface area contributed by atoms with E-state index in [1.807, 2.05) is 18.2 Å². The molecule has 13 heavy (non-hydrogen) atoms. The summed E-state index contributed by atoms with van der Waals surface area (Å²) in [5, 5.41) is 3.76. The molecule has 0 atom stereocenters. The first kappa shape index (κ1) is 8.51. The zero-order valence-electron chi connectivity index (χ0n) is 7.12. The Kier molecular flexibility index (Phi) is 2.19. The first-order valence-electron chi connectivity index (χ1n) is 3.95. The van der Waals surface area contributed by atoms with Gasteiger partial charge in [0.25, 0.3) is 0 Å². The lowest BCUT2D eigenvalue weighted by atomic mass is 10.1. The maximum atomic E-state index is 5.11. The van der Waals surface area contributed by atoms with Crippen LogP contribution < -0.4 is 0 Å². The van der Waals surface area contributed by atoms with E-state index < -0.39 is 0 Å². The topological polar surface area (TPSA) is 26.0 Å². The van der Waals surface area contributed by atoms with Gasteiger partial charge in [0.1, 0.15) is 4.60 Å². The second kappa shape index (κ2) is 3.34. The van der Waals surface area contributed by atoms with E-state index in [2.05, 4.69) is 40.1 Å². The van der Waals surface area contributed by atoms with Crippen molar-refractivity contribution in [1.29, 1.82) is 0 Å². The number of halogens is 1. The highest BCUT2D eigenvalue weighted by Gasteiger charge is 2.03. The van der Waals surface area contributed by atoms with E-state index in [9.17, 15) is 0 Å². The molecule has 2 rings (SSSR count). The summed E-state index contributed by atoms with van der Waals surface area (Å²) in [6.07, 6.45) is 0. The summed E-state index contributed by atoms with van der Waals surface area (Å²) in [6, 6.07) is 9.97. The Balaban J connectivity index is 2.46. The Hall–Kier alpha value is -1.09. The van der Waals surface area contributed by atoms with E-state index in [1.54, 1.807) is 0 Å². The van der Waals surface area contributed by atoms with Crippen molar-refractivity contribution >= 4 is 15.9 Å². The van der Waals surface area contributed by atoms with Gasteiger partial charge in [0, 0.05) is 11.6 Å². The van der Waals surface area contributed by atoms with Gasteiger partial charge in [0.2, 0.25) is 0 Å². The van der Waals surface area contributed by atoms with Crippen LogP contribution in [0.1, 0.15) is 5.56 Å². The highest BCUT2D eigenvalue weighted by molar-refractivity contribution is 9.10. The lowest BCUT2D eigenvalue weighted by Crippen LogP contribution is -1.75. The second-order valence-corrected chi connectivity index (χ2v) is 3.70. The van der Waals surface area contributed by atoms with Crippen LogP contribution in [0.2, 0.25) is 0 Å². The number of aryl methyl sites for hydroxylation is 1. The molecule has 0 saturated carbocycles. The highest BCUT2D eigenvalue weighted by Crippen LogP contribution is 2.22. The van der Waals surface area contributed by atoms with Crippen molar-refractivity contribution < 1.29 is 4.52 Å². The van der Waals surface area contributed by atoms with Gasteiger partial charge in [0.15, 0.2) is 5.76 Å². The van der Waals surface area contributed by atoms with Crippen LogP contribution in [0.25, 0.3) is 11.3 Å². The Bertz CT molecular complexity index is 422. The highest BCUT2D eigenvalue weighted by atomic mass is 79.9. The number of nitrogens with zero attached hydrogens (tertiary/aromatic N) is 1. The third kappa shape index (κ3) is 1.80. The number of aromatic nitrogens is 1. The molecule has 0 aliphatic carbocycles. The van der Waals surface area contributed by atoms with Gasteiger partial charge < -0.3 is 4.52 Å². The Morgan fingerprint density at radius 1 is 1.31 bits per heavy atom. The van der Waals surface area contributed by atoms with E-state index >= 15 is 0 Å². The predicted octanol–water partition coefficient (Wildman–Crippen LogP) is 3.41. The quantitative estimate of drug-likeness (QED) is 0.760. The normalized spacial score (nSPS) is 10.3. The van der Waals surface area contributed by atoms with Gasteiger partial charge in [-0.05, 0) is 28.9 Å². The van der Waals surface area contributed by atoms with Crippen molar-refractivity contribution in [2.24, 2.45) is 0 Å². The third-order valence-corrected chi connectivity index (χ3v) is 2.16. The SMILES string of the molecule is Cc1cccc(-c2cc(Br)no2)c1. The molecule has 1 heterocycles. The fourth-order valence-electron chi connectivity index (χ4n) is 1.19. The van der Waals surface area contributed by atoms with Crippen LogP contribution in [0, 0.1) is 6.92 Å². The van der Waals surface area contributed by atoms with E-state index in [4.69, 9.17) is 4.52 Å². The van der Waals surface area contributed by atoms with Crippen LogP contribution in [0.15, 0.2) is 39.5 Å². The summed E-state index contributed by atoms with van der Waals surface area (Å²) >= 11 is 3.24. The van der Waals surface area contributed by atoms with Crippen LogP contribution >= 0.6 is 15.9 Å². The van der Waals surface area contributed by atoms with Gasteiger partial charge in [-0.25, -0.2) is 0 Å². The van der Waals surface area contributed by atoms with Crippen LogP contribution in [0.4, 0.5) is 0 Å². The van der Waals surface area contributed by atoms with Gasteiger partial charge >= 0.3 is 0 Å². The minimum absolute atomic E-state index is 0.726. The molecule has 3 heteroatoms. The summed E-state index contributed by atoms with van der Waals surface area (Å²) < 4.78 is 5.83. The average molecular weight is 238 g/mol. The Morgan fingerprint density at radius 3 is 2.77 bits per heavy atom. The molecule has 1 aromatic carbocycles. The summed E-state index contributed by atoms with van der Waals surface area (Å²) in [5.74, 6) is 0.788. The van der Waals surface area contributed by atoms with Crippen molar-refractivity contribution in [2.75, 3.05) is 0 Å². The van der Waals surface area contributed by atoms with Crippen molar-refractivity contribution in [3.05, 3.63) is 40.5 Å². The summed E-state index contributed by atoms with van der Waals surface area (Å²) in [5.41, 5.74) is 2.27. The average Bonchev–Trinajstić information content (AvgIpc) is 2.52. The van der Waals surface area contributed by atoms with Crippen LogP contribution in [0.3, 0.4) is 0 Å². The molecule has 0 aliphatic rings. The molecule has 0 bridgehead atoms. The molecule has 0 unspecified atom stereocenters. The molecular weight excluding hydrogens is 230 g/mol. The van der Waals surface area contributed by atoms with Crippen molar-refractivity contribution in [1.82, 2.24) is 5.16 Å². The molecule has 66 valence electrons. The van der Waals surface area contributed by atoms with Crippen LogP contribution in [0.5, 0.6) is 0 Å². The van der Waals surface area contributed by atoms with Gasteiger partial charge in [0.05, 0.1) is 0 Å². The fourth-order valence-corrected chi connectivity index (χ4v) is 1.47. The maximum Gasteiger partial charge on any atom is 0.168 e. The number of benzene rings is 1. The van der Waals surface area contributed by atoms with Gasteiger partial charge in [-0.1, -0.05) is 28.9 Å². The second-order valence-electron chi connectivity index (χ2n) is 2.88. The zero-order valence-corrected chi connectivity index (χ0v) is 8.71. The van der Waals surface area contributed by atoms with Crippen molar-refractivity contribution in [2.45, 2.75) is 6.92 Å². The number of rotatable bonds is 1. The minimum Gasteiger partial charge on any atom is -0.355 e.